The van der Waals surface area contributed by atoms with Crippen LogP contribution >= 0.6 is 27.9 Å². The van der Waals surface area contributed by atoms with Gasteiger partial charge < -0.3 is 19.3 Å². The Bertz CT molecular complexity index is 7680. The number of pyridine rings is 2. The molecule has 23 rings (SSSR count). The molecule has 0 aliphatic rings. The molecule has 10 nitrogen and oxygen atoms in total. The number of thiophene rings is 1. The maximum atomic E-state index is 8.56. The summed E-state index contributed by atoms with van der Waals surface area (Å²) in [6.45, 7) is 14.1. The standard InChI is InChI=1S/C40H26N2S.C36H24N2.C24H16N2.C14H15N2.C5H12O2.C2H8P2.Ir/c1-3-12-27(13-4-1)36-26-37(42-40(41-36)28-14-5-2-6-15-28)32-19-10-17-30(25-32)29-16-9-18-31(24-29)33-21-11-22-35-34-20-7-8-23-38(34)43-39(33)35;1-3-11-27(12-4-1)37-33-17-9-7-15-29(33)31-23-25(19-21-35(31)37)26-20-22-36-32(24-26)30-16-8-10-18-34(30)38(36)28-13-5-2-6-14-28;1-3-7-17(8-4-1)19-13-15-25-23-21(19)11-12-22-20(14-16-26-24(22)23)18-9-5-2-6-10-18;1-14(2,3)13-9-12(15-10-16-13)11-7-5-4-6-8-11;1-4(6)3-5(2)7;1-4(2)3;/h1-26H;1-24H;1-16H;4-7,9-10H,1-3H3;4-7H,3H2,1-2H3;3H2,1-2H3;/q;;;-1;;;. The van der Waals surface area contributed by atoms with E-state index in [1.54, 1.807) is 20.2 Å². The number of nitrogens with zero attached hydrogens (tertiary/aromatic N) is 8. The molecule has 0 aliphatic heterocycles. The Kier molecular flexibility index (Phi) is 29.3. The number of fused-ring (bicyclic) bond motifs is 12. The van der Waals surface area contributed by atoms with Gasteiger partial charge in [-0.15, -0.1) is 56.2 Å². The van der Waals surface area contributed by atoms with Crippen LogP contribution in [-0.2, 0) is 25.5 Å². The van der Waals surface area contributed by atoms with Crippen LogP contribution in [0.3, 0.4) is 0 Å². The zero-order chi connectivity index (χ0) is 92.0. The van der Waals surface area contributed by atoms with Crippen LogP contribution in [0.2, 0.25) is 0 Å². The van der Waals surface area contributed by atoms with Crippen LogP contribution in [0.5, 0.6) is 0 Å². The minimum absolute atomic E-state index is 0. The normalized spacial score (nSPS) is 11.6. The number of rotatable bonds is 13. The molecule has 3 atom stereocenters. The van der Waals surface area contributed by atoms with Crippen molar-refractivity contribution in [1.29, 1.82) is 0 Å². The van der Waals surface area contributed by atoms with E-state index in [1.807, 2.05) is 103 Å². The molecule has 0 saturated carbocycles. The summed E-state index contributed by atoms with van der Waals surface area (Å²) in [4.78, 5) is 27.9. The molecule has 0 bridgehead atoms. The predicted octanol–water partition coefficient (Wildman–Crippen LogP) is 31.7. The summed E-state index contributed by atoms with van der Waals surface area (Å²) in [5.74, 6) is 0.723. The summed E-state index contributed by atoms with van der Waals surface area (Å²) in [5, 5.41) is 27.1. The van der Waals surface area contributed by atoms with Crippen molar-refractivity contribution < 1.29 is 30.3 Å². The summed E-state index contributed by atoms with van der Waals surface area (Å²) >= 11 is 1.87. The van der Waals surface area contributed by atoms with E-state index in [0.717, 1.165) is 78.2 Å². The van der Waals surface area contributed by atoms with Crippen LogP contribution < -0.4 is 0 Å². The molecule has 135 heavy (non-hydrogen) atoms. The molecule has 0 amide bonds. The van der Waals surface area contributed by atoms with Crippen LogP contribution in [-0.4, -0.2) is 74.8 Å². The number of aliphatic hydroxyl groups is 2. The first-order valence-corrected chi connectivity index (χ1v) is 49.8. The van der Waals surface area contributed by atoms with E-state index in [1.165, 1.54) is 125 Å². The molecular formula is C121H101IrN8O2P2S-. The summed E-state index contributed by atoms with van der Waals surface area (Å²) in [6, 6.07) is 150. The fourth-order valence-electron chi connectivity index (χ4n) is 17.3. The van der Waals surface area contributed by atoms with Gasteiger partial charge in [-0.25, -0.2) is 15.0 Å². The molecule has 0 aliphatic carbocycles. The number of benzene rings is 16. The second kappa shape index (κ2) is 42.7. The van der Waals surface area contributed by atoms with Gasteiger partial charge in [-0.2, -0.15) is 0 Å². The van der Waals surface area contributed by atoms with E-state index in [2.05, 4.69) is 418 Å². The Hall–Kier alpha value is -14.3. The third-order valence-electron chi connectivity index (χ3n) is 23.5. The van der Waals surface area contributed by atoms with E-state index >= 15 is 0 Å². The Morgan fingerprint density at radius 3 is 1.24 bits per heavy atom. The summed E-state index contributed by atoms with van der Waals surface area (Å²) in [7, 11) is 3.02. The fourth-order valence-corrected chi connectivity index (χ4v) is 18.5. The van der Waals surface area contributed by atoms with Crippen LogP contribution in [0.25, 0.3) is 198 Å². The quantitative estimate of drug-likeness (QED) is 0.0664. The summed E-state index contributed by atoms with van der Waals surface area (Å²) < 4.78 is 7.39. The molecule has 3 unspecified atom stereocenters. The van der Waals surface area contributed by atoms with Crippen molar-refractivity contribution in [2.75, 3.05) is 13.3 Å². The molecule has 7 aromatic heterocycles. The number of para-hydroxylation sites is 4. The van der Waals surface area contributed by atoms with E-state index in [4.69, 9.17) is 20.2 Å². The fraction of sp³-hybridized carbons (Fsp3) is 0.0909. The monoisotopic (exact) mass is 1980 g/mol. The van der Waals surface area contributed by atoms with Crippen LogP contribution in [0, 0.1) is 6.07 Å². The Balaban J connectivity index is 0.000000125. The van der Waals surface area contributed by atoms with Crippen molar-refractivity contribution in [2.24, 2.45) is 0 Å². The maximum Gasteiger partial charge on any atom is 0.160 e. The first kappa shape index (κ1) is 92.6. The molecule has 1 radical (unpaired) electrons. The SMILES string of the molecule is CC(C)(C)c1cc(-c2[c-]cccc2)ncn1.CC(O)CC(C)O.CP(C)P.[Ir].c1ccc(-c2cc(-c3cccc(-c4cccc(-c5cccc6c5sc5ccccc56)c4)c3)nc(-c3ccccc3)n2)cc1.c1ccc(-c2ccnc3c2ccc2c(-c4ccccc4)ccnc23)cc1.c1ccc(-n2c3ccccc3c3cc(-c4ccc5c(c4)c4ccccc4n5-c4ccccc4)ccc32)cc1. The Morgan fingerprint density at radius 1 is 0.341 bits per heavy atom. The topological polar surface area (TPSA) is 128 Å². The molecule has 7 heterocycles. The van der Waals surface area contributed by atoms with Crippen LogP contribution in [0.4, 0.5) is 0 Å². The van der Waals surface area contributed by atoms with Crippen molar-refractivity contribution in [1.82, 2.24) is 39.0 Å². The molecule has 14 heteroatoms. The van der Waals surface area contributed by atoms with Crippen LogP contribution in [0.1, 0.15) is 46.7 Å². The van der Waals surface area contributed by atoms with E-state index in [9.17, 15) is 0 Å². The number of aliphatic hydroxyl groups excluding tert-OH is 2. The van der Waals surface area contributed by atoms with Crippen molar-refractivity contribution in [3.8, 4) is 112 Å². The first-order valence-electron chi connectivity index (χ1n) is 45.2. The predicted molar refractivity (Wildman–Crippen MR) is 572 cm³/mol. The van der Waals surface area contributed by atoms with Gasteiger partial charge in [0.15, 0.2) is 5.82 Å². The van der Waals surface area contributed by atoms with Crippen molar-refractivity contribution in [2.45, 2.75) is 58.7 Å². The molecule has 2 N–H and O–H groups in total. The second-order valence-electron chi connectivity index (χ2n) is 34.5. The molecule has 0 fully saturated rings. The van der Waals surface area contributed by atoms with Gasteiger partial charge in [0, 0.05) is 124 Å². The molecule has 23 aromatic rings. The molecular weight excluding hydrogens is 1880 g/mol. The van der Waals surface area contributed by atoms with Gasteiger partial charge in [-0.3, -0.25) is 15.0 Å². The zero-order valence-electron chi connectivity index (χ0n) is 76.2. The molecule has 16 aromatic carbocycles. The third-order valence-corrected chi connectivity index (χ3v) is 24.7. The smallest absolute Gasteiger partial charge is 0.160 e. The van der Waals surface area contributed by atoms with E-state index in [0.29, 0.717) is 14.0 Å². The number of hydrogen-bond acceptors (Lipinski definition) is 9. The summed E-state index contributed by atoms with van der Waals surface area (Å²) in [6.07, 6.45) is 5.10. The number of hydrogen-bond donors (Lipinski definition) is 2. The Morgan fingerprint density at radius 2 is 0.748 bits per heavy atom. The van der Waals surface area contributed by atoms with Gasteiger partial charge in [0.2, 0.25) is 0 Å². The average Bonchev–Trinajstić information content (AvgIpc) is 1.64. The number of aromatic nitrogens is 8. The van der Waals surface area contributed by atoms with Gasteiger partial charge in [-0.05, 0) is 192 Å². The largest absolute Gasteiger partial charge is 0.393 e. The van der Waals surface area contributed by atoms with Gasteiger partial charge in [-0.1, -0.05) is 326 Å². The molecule has 0 spiro atoms. The van der Waals surface area contributed by atoms with Crippen molar-refractivity contribution >= 4 is 113 Å². The minimum Gasteiger partial charge on any atom is -0.393 e. The third kappa shape index (κ3) is 21.2. The summed E-state index contributed by atoms with van der Waals surface area (Å²) in [5.41, 5.74) is 29.2. The maximum absolute atomic E-state index is 8.56. The van der Waals surface area contributed by atoms with Crippen molar-refractivity contribution in [3.05, 3.63) is 449 Å². The van der Waals surface area contributed by atoms with Gasteiger partial charge in [0.1, 0.15) is 6.33 Å². The van der Waals surface area contributed by atoms with Crippen molar-refractivity contribution in [3.63, 3.8) is 0 Å². The average molecular weight is 1990 g/mol. The van der Waals surface area contributed by atoms with Crippen LogP contribution in [0.15, 0.2) is 437 Å². The first-order chi connectivity index (χ1) is 65.5. The molecule has 0 saturated heterocycles. The Labute approximate surface area is 809 Å². The molecule has 663 valence electrons. The zero-order valence-corrected chi connectivity index (χ0v) is 81.4. The van der Waals surface area contributed by atoms with E-state index in [-0.39, 0.29) is 37.7 Å². The second-order valence-corrected chi connectivity index (χ2v) is 40.6. The van der Waals surface area contributed by atoms with Gasteiger partial charge >= 0.3 is 0 Å². The van der Waals surface area contributed by atoms with E-state index < -0.39 is 0 Å². The minimum atomic E-state index is -0.375. The van der Waals surface area contributed by atoms with Gasteiger partial charge in [0.25, 0.3) is 0 Å². The van der Waals surface area contributed by atoms with Gasteiger partial charge in [0.05, 0.1) is 56.7 Å².